The minimum Gasteiger partial charge on any atom is -0.359 e. The van der Waals surface area contributed by atoms with Gasteiger partial charge in [-0.05, 0) is 34.5 Å². The second kappa shape index (κ2) is 5.45. The van der Waals surface area contributed by atoms with E-state index in [0.717, 1.165) is 27.7 Å². The van der Waals surface area contributed by atoms with Crippen LogP contribution < -0.4 is 4.90 Å². The number of hydrogen-bond acceptors (Lipinski definition) is 3. The highest BCUT2D eigenvalue weighted by Crippen LogP contribution is 2.27. The maximum atomic E-state index is 4.39. The van der Waals surface area contributed by atoms with Crippen LogP contribution in [0.4, 0.5) is 5.82 Å². The number of anilines is 1. The van der Waals surface area contributed by atoms with Crippen LogP contribution >= 0.6 is 15.9 Å². The Morgan fingerprint density at radius 3 is 2.88 bits per heavy atom. The lowest BCUT2D eigenvalue weighted by atomic mass is 10.2. The Bertz CT molecular complexity index is 513. The molecule has 0 saturated heterocycles. The predicted molar refractivity (Wildman–Crippen MR) is 75.4 cm³/mol. The largest absolute Gasteiger partial charge is 0.359 e. The highest BCUT2D eigenvalue weighted by molar-refractivity contribution is 9.10. The molecule has 0 radical (unpaired) electrons. The fourth-order valence-corrected chi connectivity index (χ4v) is 2.31. The van der Waals surface area contributed by atoms with E-state index in [4.69, 9.17) is 0 Å². The Morgan fingerprint density at radius 2 is 2.12 bits per heavy atom. The molecule has 17 heavy (non-hydrogen) atoms. The van der Waals surface area contributed by atoms with Crippen LogP contribution in [0.2, 0.25) is 0 Å². The van der Waals surface area contributed by atoms with Crippen molar-refractivity contribution < 1.29 is 0 Å². The summed E-state index contributed by atoms with van der Waals surface area (Å²) < 4.78 is 1.02. The van der Waals surface area contributed by atoms with Gasteiger partial charge in [0.15, 0.2) is 0 Å². The number of fused-ring (bicyclic) bond motifs is 1. The molecule has 1 heterocycles. The van der Waals surface area contributed by atoms with Gasteiger partial charge in [-0.2, -0.15) is 0 Å². The first-order valence-corrected chi connectivity index (χ1v) is 6.63. The summed E-state index contributed by atoms with van der Waals surface area (Å²) in [5.74, 6) is 1.00. The van der Waals surface area contributed by atoms with E-state index < -0.39 is 0 Å². The maximum absolute atomic E-state index is 4.39. The molecule has 0 amide bonds. The van der Waals surface area contributed by atoms with E-state index in [1.165, 1.54) is 12.8 Å². The quantitative estimate of drug-likeness (QED) is 0.862. The molecule has 0 fully saturated rings. The Hall–Kier alpha value is -1.16. The van der Waals surface area contributed by atoms with Crippen molar-refractivity contribution in [1.82, 2.24) is 9.97 Å². The van der Waals surface area contributed by atoms with Crippen LogP contribution in [0, 0.1) is 0 Å². The number of aromatic nitrogens is 2. The molecule has 0 saturated carbocycles. The van der Waals surface area contributed by atoms with Gasteiger partial charge >= 0.3 is 0 Å². The summed E-state index contributed by atoms with van der Waals surface area (Å²) in [6.45, 7) is 3.22. The summed E-state index contributed by atoms with van der Waals surface area (Å²) in [6.07, 6.45) is 4.00. The summed E-state index contributed by atoms with van der Waals surface area (Å²) in [5, 5.41) is 1.10. The molecular weight excluding hydrogens is 278 g/mol. The van der Waals surface area contributed by atoms with Crippen LogP contribution in [0.5, 0.6) is 0 Å². The van der Waals surface area contributed by atoms with E-state index in [1.807, 2.05) is 12.1 Å². The van der Waals surface area contributed by atoms with Gasteiger partial charge in [0.2, 0.25) is 0 Å². The second-order valence-corrected chi connectivity index (χ2v) is 4.96. The first-order chi connectivity index (χ1) is 8.24. The van der Waals surface area contributed by atoms with Crippen molar-refractivity contribution in [2.24, 2.45) is 0 Å². The molecule has 4 heteroatoms. The van der Waals surface area contributed by atoms with Gasteiger partial charge in [-0.15, -0.1) is 0 Å². The average molecular weight is 294 g/mol. The van der Waals surface area contributed by atoms with E-state index in [0.29, 0.717) is 0 Å². The van der Waals surface area contributed by atoms with Crippen LogP contribution in [0.1, 0.15) is 19.8 Å². The zero-order chi connectivity index (χ0) is 12.3. The molecule has 1 aromatic heterocycles. The van der Waals surface area contributed by atoms with Crippen LogP contribution in [0.25, 0.3) is 10.9 Å². The lowest BCUT2D eigenvalue weighted by Crippen LogP contribution is -2.19. The van der Waals surface area contributed by atoms with Crippen molar-refractivity contribution in [1.29, 1.82) is 0 Å². The van der Waals surface area contributed by atoms with Crippen molar-refractivity contribution in [3.63, 3.8) is 0 Å². The summed E-state index contributed by atoms with van der Waals surface area (Å²) in [4.78, 5) is 10.9. The highest BCUT2D eigenvalue weighted by Gasteiger charge is 2.09. The van der Waals surface area contributed by atoms with Gasteiger partial charge in [-0.3, -0.25) is 0 Å². The SMILES string of the molecule is CCCCN(C)c1ncnc2c(Br)cccc12. The van der Waals surface area contributed by atoms with Gasteiger partial charge in [-0.1, -0.05) is 19.4 Å². The first kappa shape index (κ1) is 12.3. The molecule has 2 aromatic rings. The van der Waals surface area contributed by atoms with Gasteiger partial charge in [0.25, 0.3) is 0 Å². The topological polar surface area (TPSA) is 29.0 Å². The molecule has 0 spiro atoms. The summed E-state index contributed by atoms with van der Waals surface area (Å²) in [5.41, 5.74) is 0.973. The summed E-state index contributed by atoms with van der Waals surface area (Å²) in [7, 11) is 2.08. The molecule has 3 nitrogen and oxygen atoms in total. The third kappa shape index (κ3) is 2.57. The molecule has 1 aromatic carbocycles. The lowest BCUT2D eigenvalue weighted by Gasteiger charge is -2.19. The highest BCUT2D eigenvalue weighted by atomic mass is 79.9. The Labute approximate surface area is 110 Å². The smallest absolute Gasteiger partial charge is 0.139 e. The number of rotatable bonds is 4. The molecule has 0 aliphatic rings. The van der Waals surface area contributed by atoms with Crippen LogP contribution in [-0.4, -0.2) is 23.6 Å². The molecule has 90 valence electrons. The first-order valence-electron chi connectivity index (χ1n) is 5.84. The van der Waals surface area contributed by atoms with Crippen molar-refractivity contribution in [3.8, 4) is 0 Å². The Morgan fingerprint density at radius 1 is 1.29 bits per heavy atom. The van der Waals surface area contributed by atoms with E-state index in [9.17, 15) is 0 Å². The molecule has 0 unspecified atom stereocenters. The van der Waals surface area contributed by atoms with Crippen molar-refractivity contribution in [2.75, 3.05) is 18.5 Å². The van der Waals surface area contributed by atoms with Crippen molar-refractivity contribution >= 4 is 32.7 Å². The third-order valence-corrected chi connectivity index (χ3v) is 3.44. The molecule has 0 aliphatic carbocycles. The van der Waals surface area contributed by atoms with E-state index in [1.54, 1.807) is 6.33 Å². The summed E-state index contributed by atoms with van der Waals surface area (Å²) >= 11 is 3.52. The molecule has 0 aliphatic heterocycles. The predicted octanol–water partition coefficient (Wildman–Crippen LogP) is 3.63. The normalized spacial score (nSPS) is 10.8. The van der Waals surface area contributed by atoms with E-state index in [2.05, 4.69) is 50.8 Å². The fourth-order valence-electron chi connectivity index (χ4n) is 1.84. The molecular formula is C13H16BrN3. The zero-order valence-electron chi connectivity index (χ0n) is 10.2. The van der Waals surface area contributed by atoms with E-state index in [-0.39, 0.29) is 0 Å². The van der Waals surface area contributed by atoms with Crippen molar-refractivity contribution in [3.05, 3.63) is 29.0 Å². The van der Waals surface area contributed by atoms with Crippen LogP contribution in [-0.2, 0) is 0 Å². The molecule has 0 bridgehead atoms. The number of unbranched alkanes of at least 4 members (excludes halogenated alkanes) is 1. The number of benzene rings is 1. The molecule has 0 N–H and O–H groups in total. The monoisotopic (exact) mass is 293 g/mol. The Kier molecular flexibility index (Phi) is 3.94. The van der Waals surface area contributed by atoms with Gasteiger partial charge in [0.1, 0.15) is 12.1 Å². The maximum Gasteiger partial charge on any atom is 0.139 e. The Balaban J connectivity index is 2.43. The second-order valence-electron chi connectivity index (χ2n) is 4.11. The number of halogens is 1. The van der Waals surface area contributed by atoms with Crippen LogP contribution in [0.3, 0.4) is 0 Å². The fraction of sp³-hybridized carbons (Fsp3) is 0.385. The number of para-hydroxylation sites is 1. The minimum absolute atomic E-state index is 0.973. The zero-order valence-corrected chi connectivity index (χ0v) is 11.7. The van der Waals surface area contributed by atoms with Crippen LogP contribution in [0.15, 0.2) is 29.0 Å². The van der Waals surface area contributed by atoms with Gasteiger partial charge in [0, 0.05) is 23.5 Å². The van der Waals surface area contributed by atoms with Gasteiger partial charge < -0.3 is 4.90 Å². The number of nitrogens with zero attached hydrogens (tertiary/aromatic N) is 3. The third-order valence-electron chi connectivity index (χ3n) is 2.80. The number of hydrogen-bond donors (Lipinski definition) is 0. The average Bonchev–Trinajstić information content (AvgIpc) is 2.36. The lowest BCUT2D eigenvalue weighted by molar-refractivity contribution is 0.761. The van der Waals surface area contributed by atoms with E-state index >= 15 is 0 Å². The standard InChI is InChI=1S/C13H16BrN3/c1-3-4-8-17(2)13-10-6-5-7-11(14)12(10)15-9-16-13/h5-7,9H,3-4,8H2,1-2H3. The van der Waals surface area contributed by atoms with Crippen molar-refractivity contribution in [2.45, 2.75) is 19.8 Å². The van der Waals surface area contributed by atoms with Gasteiger partial charge in [0.05, 0.1) is 5.52 Å². The molecule has 2 rings (SSSR count). The van der Waals surface area contributed by atoms with Gasteiger partial charge in [-0.25, -0.2) is 9.97 Å². The molecule has 0 atom stereocenters. The minimum atomic E-state index is 0.973. The summed E-state index contributed by atoms with van der Waals surface area (Å²) in [6, 6.07) is 6.09.